The molecule has 0 aromatic carbocycles. The van der Waals surface area contributed by atoms with Crippen LogP contribution in [0.2, 0.25) is 0 Å². The van der Waals surface area contributed by atoms with E-state index >= 15 is 0 Å². The predicted octanol–water partition coefficient (Wildman–Crippen LogP) is 0.275. The first-order chi connectivity index (χ1) is 17.2. The van der Waals surface area contributed by atoms with Crippen LogP contribution >= 0.6 is 0 Å². The van der Waals surface area contributed by atoms with Crippen molar-refractivity contribution < 1.29 is 24.2 Å². The van der Waals surface area contributed by atoms with Gasteiger partial charge in [0.2, 0.25) is 5.65 Å². The number of aromatic nitrogens is 6. The second-order valence-electron chi connectivity index (χ2n) is 8.86. The zero-order valence-electron chi connectivity index (χ0n) is 20.4. The van der Waals surface area contributed by atoms with Crippen molar-refractivity contribution in [1.29, 1.82) is 0 Å². The fraction of sp³-hybridized carbons (Fsp3) is 0.455. The Kier molecular flexibility index (Phi) is 5.94. The van der Waals surface area contributed by atoms with Crippen LogP contribution in [0.4, 0.5) is 11.8 Å². The monoisotopic (exact) mass is 497 g/mol. The van der Waals surface area contributed by atoms with Crippen LogP contribution in [0.1, 0.15) is 30.5 Å². The summed E-state index contributed by atoms with van der Waals surface area (Å²) in [5, 5.41) is 26.5. The summed E-state index contributed by atoms with van der Waals surface area (Å²) in [6.07, 6.45) is -2.26. The van der Waals surface area contributed by atoms with Crippen molar-refractivity contribution in [1.82, 2.24) is 34.8 Å². The number of oxazole rings is 1. The molecule has 1 aliphatic rings. The molecule has 0 spiro atoms. The lowest BCUT2D eigenvalue weighted by Gasteiger charge is -2.17. The van der Waals surface area contributed by atoms with Crippen molar-refractivity contribution in [3.63, 3.8) is 0 Å². The third kappa shape index (κ3) is 3.88. The third-order valence-electron chi connectivity index (χ3n) is 6.11. The maximum absolute atomic E-state index is 12.0. The molecule has 4 N–H and O–H groups in total. The van der Waals surface area contributed by atoms with Crippen molar-refractivity contribution in [2.45, 2.75) is 44.4 Å². The quantitative estimate of drug-likeness (QED) is 0.286. The predicted molar refractivity (Wildman–Crippen MR) is 128 cm³/mol. The fourth-order valence-electron chi connectivity index (χ4n) is 4.16. The molecule has 0 unspecified atom stereocenters. The van der Waals surface area contributed by atoms with Gasteiger partial charge < -0.3 is 34.9 Å². The normalized spacial score (nSPS) is 22.8. The lowest BCUT2D eigenvalue weighted by Crippen LogP contribution is -2.41. The molecule has 1 fully saturated rings. The van der Waals surface area contributed by atoms with Gasteiger partial charge in [0, 0.05) is 21.1 Å². The zero-order valence-corrected chi connectivity index (χ0v) is 20.4. The minimum absolute atomic E-state index is 0.274. The van der Waals surface area contributed by atoms with Crippen LogP contribution in [0.3, 0.4) is 0 Å². The molecule has 5 heterocycles. The first kappa shape index (κ1) is 23.8. The number of hydrogen-bond acceptors (Lipinski definition) is 12. The molecule has 4 aromatic rings. The molecule has 0 aliphatic carbocycles. The molecule has 5 atom stereocenters. The molecule has 14 heteroatoms. The van der Waals surface area contributed by atoms with Crippen molar-refractivity contribution in [3.8, 4) is 0 Å². The molecule has 0 bridgehead atoms. The highest BCUT2D eigenvalue weighted by Crippen LogP contribution is 2.33. The molecule has 1 saturated heterocycles. The molecule has 5 rings (SSSR count). The molecule has 1 aliphatic heterocycles. The first-order valence-electron chi connectivity index (χ1n) is 11.3. The highest BCUT2D eigenvalue weighted by atomic mass is 16.6. The number of aliphatic hydroxyl groups is 2. The third-order valence-corrected chi connectivity index (χ3v) is 6.11. The molecular weight excluding hydrogens is 470 g/mol. The van der Waals surface area contributed by atoms with Crippen molar-refractivity contribution in [2.75, 3.05) is 31.4 Å². The van der Waals surface area contributed by atoms with Gasteiger partial charge in [0.05, 0.1) is 18.1 Å². The molecule has 0 saturated carbocycles. The van der Waals surface area contributed by atoms with Crippen LogP contribution in [0.5, 0.6) is 0 Å². The molecule has 190 valence electrons. The average Bonchev–Trinajstić information content (AvgIpc) is 3.55. The average molecular weight is 498 g/mol. The van der Waals surface area contributed by atoms with E-state index in [1.54, 1.807) is 4.90 Å². The topological polar surface area (TPSA) is 177 Å². The lowest BCUT2D eigenvalue weighted by atomic mass is 10.1. The molecule has 14 nitrogen and oxygen atoms in total. The number of rotatable bonds is 6. The summed E-state index contributed by atoms with van der Waals surface area (Å²) in [6.45, 7) is 3.86. The Morgan fingerprint density at radius 3 is 2.69 bits per heavy atom. The highest BCUT2D eigenvalue weighted by molar-refractivity contribution is 5.83. The van der Waals surface area contributed by atoms with Gasteiger partial charge in [0.25, 0.3) is 11.9 Å². The summed E-state index contributed by atoms with van der Waals surface area (Å²) in [5.74, 6) is -0.0975. The van der Waals surface area contributed by atoms with E-state index in [2.05, 4.69) is 35.6 Å². The number of anilines is 2. The summed E-state index contributed by atoms with van der Waals surface area (Å²) >= 11 is 0. The van der Waals surface area contributed by atoms with Crippen LogP contribution in [0, 0.1) is 6.92 Å². The van der Waals surface area contributed by atoms with Gasteiger partial charge in [0.15, 0.2) is 34.9 Å². The SMILES string of the molecule is CNC(=O)[C@H]1O[C@@H](n2cnc3c(N[C@H](C)c4cc(C)c5oc(N(C)C)nc5n4)ncnc32)[C@H](O)[C@@H]1O. The Balaban J connectivity index is 1.44. The smallest absolute Gasteiger partial charge is 0.299 e. The van der Waals surface area contributed by atoms with Crippen LogP contribution < -0.4 is 15.5 Å². The van der Waals surface area contributed by atoms with E-state index in [0.29, 0.717) is 34.2 Å². The van der Waals surface area contributed by atoms with Gasteiger partial charge in [-0.1, -0.05) is 0 Å². The summed E-state index contributed by atoms with van der Waals surface area (Å²) in [4.78, 5) is 35.9. The minimum Gasteiger partial charge on any atom is -0.421 e. The molecular formula is C22H27N9O5. The van der Waals surface area contributed by atoms with Gasteiger partial charge in [-0.25, -0.2) is 19.9 Å². The van der Waals surface area contributed by atoms with Gasteiger partial charge in [-0.15, -0.1) is 0 Å². The largest absolute Gasteiger partial charge is 0.421 e. The number of aliphatic hydroxyl groups excluding tert-OH is 2. The lowest BCUT2D eigenvalue weighted by molar-refractivity contribution is -0.137. The van der Waals surface area contributed by atoms with E-state index < -0.39 is 30.4 Å². The maximum Gasteiger partial charge on any atom is 0.299 e. The van der Waals surface area contributed by atoms with Crippen LogP contribution in [0.25, 0.3) is 22.4 Å². The number of ether oxygens (including phenoxy) is 1. The van der Waals surface area contributed by atoms with Gasteiger partial charge in [-0.05, 0) is 25.5 Å². The van der Waals surface area contributed by atoms with Crippen molar-refractivity contribution >= 4 is 40.1 Å². The number of pyridine rings is 1. The summed E-state index contributed by atoms with van der Waals surface area (Å²) < 4.78 is 12.9. The van der Waals surface area contributed by atoms with E-state index in [9.17, 15) is 15.0 Å². The second-order valence-corrected chi connectivity index (χ2v) is 8.86. The Bertz CT molecular complexity index is 1430. The van der Waals surface area contributed by atoms with Crippen LogP contribution in [-0.2, 0) is 9.53 Å². The van der Waals surface area contributed by atoms with Crippen molar-refractivity contribution in [3.05, 3.63) is 30.0 Å². The van der Waals surface area contributed by atoms with Gasteiger partial charge >= 0.3 is 0 Å². The molecule has 1 amide bonds. The molecule has 0 radical (unpaired) electrons. The van der Waals surface area contributed by atoms with Gasteiger partial charge in [-0.2, -0.15) is 4.98 Å². The Morgan fingerprint density at radius 1 is 1.19 bits per heavy atom. The van der Waals surface area contributed by atoms with Gasteiger partial charge in [0.1, 0.15) is 18.5 Å². The number of aryl methyl sites for hydroxylation is 1. The zero-order chi connectivity index (χ0) is 25.7. The van der Waals surface area contributed by atoms with E-state index in [4.69, 9.17) is 9.15 Å². The number of carbonyl (C=O) groups excluding carboxylic acids is 1. The summed E-state index contributed by atoms with van der Waals surface area (Å²) in [6, 6.07) is 2.12. The number of nitrogens with one attached hydrogen (secondary N) is 2. The van der Waals surface area contributed by atoms with Gasteiger partial charge in [-0.3, -0.25) is 9.36 Å². The number of fused-ring (bicyclic) bond motifs is 2. The van der Waals surface area contributed by atoms with E-state index in [0.717, 1.165) is 11.3 Å². The Hall–Kier alpha value is -3.88. The van der Waals surface area contributed by atoms with Crippen LogP contribution in [-0.4, -0.2) is 85.1 Å². The van der Waals surface area contributed by atoms with Crippen molar-refractivity contribution in [2.24, 2.45) is 0 Å². The number of hydrogen-bond donors (Lipinski definition) is 4. The summed E-state index contributed by atoms with van der Waals surface area (Å²) in [7, 11) is 5.12. The highest BCUT2D eigenvalue weighted by Gasteiger charge is 2.47. The molecule has 4 aromatic heterocycles. The second kappa shape index (κ2) is 8.96. The standard InChI is InChI=1S/C22H27N9O5/c1-9-6-11(28-18-15(9)36-22(29-18)30(4)5)10(2)27-17-12-19(25-7-24-17)31(8-26-12)21-14(33)13(32)16(35-21)20(34)23-3/h6-8,10,13-14,16,21,32-33H,1-5H3,(H,23,34)(H,24,25,27)/t10-,13+,14-,16+,21-/m1/s1. The Morgan fingerprint density at radius 2 is 1.97 bits per heavy atom. The molecule has 36 heavy (non-hydrogen) atoms. The summed E-state index contributed by atoms with van der Waals surface area (Å²) in [5.41, 5.74) is 3.56. The minimum atomic E-state index is -1.40. The Labute approximate surface area is 205 Å². The van der Waals surface area contributed by atoms with E-state index in [1.165, 1.54) is 24.3 Å². The van der Waals surface area contributed by atoms with E-state index in [-0.39, 0.29) is 6.04 Å². The van der Waals surface area contributed by atoms with E-state index in [1.807, 2.05) is 34.0 Å². The first-order valence-corrected chi connectivity index (χ1v) is 11.3. The number of carbonyl (C=O) groups is 1. The fourth-order valence-corrected chi connectivity index (χ4v) is 4.16. The number of nitrogens with zero attached hydrogens (tertiary/aromatic N) is 7. The number of imidazole rings is 1. The maximum atomic E-state index is 12.0. The number of likely N-dealkylation sites (N-methyl/N-ethyl adjacent to an activating group) is 1. The number of amides is 1. The van der Waals surface area contributed by atoms with Crippen LogP contribution in [0.15, 0.2) is 23.1 Å².